The van der Waals surface area contributed by atoms with E-state index in [2.05, 4.69) is 13.8 Å². The van der Waals surface area contributed by atoms with Crippen molar-refractivity contribution in [1.29, 1.82) is 0 Å². The fraction of sp³-hybridized carbons (Fsp3) is 1.00. The maximum Gasteiger partial charge on any atom is 0.0307 e. The van der Waals surface area contributed by atoms with Gasteiger partial charge >= 0.3 is 0 Å². The standard InChI is InChI=1S/C20H41Cl/c1-3-4-5-6-7-8-9-10-11-12-13-14-15-16-17-18-19-20(2)21/h20H,3-19H2,1-2H3. The summed E-state index contributed by atoms with van der Waals surface area (Å²) in [4.78, 5) is 0. The molecule has 0 spiro atoms. The fourth-order valence-electron chi connectivity index (χ4n) is 2.97. The second kappa shape index (κ2) is 18.3. The molecule has 0 radical (unpaired) electrons. The van der Waals surface area contributed by atoms with E-state index in [4.69, 9.17) is 11.6 Å². The molecule has 1 unspecified atom stereocenters. The highest BCUT2D eigenvalue weighted by Gasteiger charge is 1.96. The van der Waals surface area contributed by atoms with E-state index in [0.717, 1.165) is 0 Å². The minimum Gasteiger partial charge on any atom is -0.123 e. The summed E-state index contributed by atoms with van der Waals surface area (Å²) in [7, 11) is 0. The Morgan fingerprint density at radius 2 is 0.810 bits per heavy atom. The van der Waals surface area contributed by atoms with Crippen LogP contribution >= 0.6 is 11.6 Å². The van der Waals surface area contributed by atoms with Gasteiger partial charge in [-0.25, -0.2) is 0 Å². The molecule has 0 aliphatic rings. The van der Waals surface area contributed by atoms with Crippen LogP contribution in [0.2, 0.25) is 0 Å². The molecule has 0 amide bonds. The number of unbranched alkanes of at least 4 members (excludes halogenated alkanes) is 15. The van der Waals surface area contributed by atoms with E-state index in [1.807, 2.05) is 0 Å². The molecule has 0 rings (SSSR count). The van der Waals surface area contributed by atoms with Gasteiger partial charge in [-0.2, -0.15) is 0 Å². The number of alkyl halides is 1. The average Bonchev–Trinajstić information content (AvgIpc) is 2.46. The lowest BCUT2D eigenvalue weighted by Gasteiger charge is -2.04. The van der Waals surface area contributed by atoms with E-state index in [-0.39, 0.29) is 0 Å². The molecule has 0 aromatic heterocycles. The van der Waals surface area contributed by atoms with Gasteiger partial charge in [-0.15, -0.1) is 11.6 Å². The maximum absolute atomic E-state index is 5.94. The zero-order chi connectivity index (χ0) is 15.6. The Kier molecular flexibility index (Phi) is 18.6. The van der Waals surface area contributed by atoms with Crippen molar-refractivity contribution in [3.63, 3.8) is 0 Å². The molecule has 1 heteroatoms. The monoisotopic (exact) mass is 316 g/mol. The molecule has 0 fully saturated rings. The molecule has 0 aliphatic heterocycles. The summed E-state index contributed by atoms with van der Waals surface area (Å²) in [5.74, 6) is 0. The van der Waals surface area contributed by atoms with Crippen LogP contribution in [-0.4, -0.2) is 5.38 Å². The molecule has 0 saturated carbocycles. The van der Waals surface area contributed by atoms with Gasteiger partial charge in [0.15, 0.2) is 0 Å². The Hall–Kier alpha value is 0.290. The van der Waals surface area contributed by atoms with Crippen LogP contribution in [0.15, 0.2) is 0 Å². The van der Waals surface area contributed by atoms with Gasteiger partial charge in [0.05, 0.1) is 0 Å². The van der Waals surface area contributed by atoms with Crippen molar-refractivity contribution in [2.75, 3.05) is 0 Å². The van der Waals surface area contributed by atoms with E-state index in [1.165, 1.54) is 109 Å². The molecule has 0 saturated heterocycles. The number of rotatable bonds is 17. The maximum atomic E-state index is 5.94. The van der Waals surface area contributed by atoms with Crippen molar-refractivity contribution >= 4 is 11.6 Å². The molecular weight excluding hydrogens is 276 g/mol. The first kappa shape index (κ1) is 21.3. The van der Waals surface area contributed by atoms with E-state index in [0.29, 0.717) is 5.38 Å². The first-order chi connectivity index (χ1) is 10.3. The fourth-order valence-corrected chi connectivity index (χ4v) is 3.13. The van der Waals surface area contributed by atoms with Gasteiger partial charge in [0, 0.05) is 5.38 Å². The van der Waals surface area contributed by atoms with Crippen LogP contribution in [0, 0.1) is 0 Å². The molecule has 0 heterocycles. The summed E-state index contributed by atoms with van der Waals surface area (Å²) in [5, 5.41) is 0.372. The normalized spacial score (nSPS) is 12.7. The van der Waals surface area contributed by atoms with Gasteiger partial charge in [0.2, 0.25) is 0 Å². The van der Waals surface area contributed by atoms with Crippen LogP contribution in [0.3, 0.4) is 0 Å². The Labute approximate surface area is 140 Å². The molecule has 1 atom stereocenters. The highest BCUT2D eigenvalue weighted by Crippen LogP contribution is 2.14. The van der Waals surface area contributed by atoms with Crippen molar-refractivity contribution in [3.8, 4) is 0 Å². The van der Waals surface area contributed by atoms with E-state index >= 15 is 0 Å². The van der Waals surface area contributed by atoms with Crippen LogP contribution in [0.1, 0.15) is 123 Å². The minimum atomic E-state index is 0.372. The molecule has 21 heavy (non-hydrogen) atoms. The smallest absolute Gasteiger partial charge is 0.0307 e. The second-order valence-corrected chi connectivity index (χ2v) is 7.62. The molecule has 0 nitrogen and oxygen atoms in total. The summed E-state index contributed by atoms with van der Waals surface area (Å²) in [6.07, 6.45) is 24.2. The van der Waals surface area contributed by atoms with Crippen molar-refractivity contribution in [2.24, 2.45) is 0 Å². The molecule has 128 valence electrons. The lowest BCUT2D eigenvalue weighted by molar-refractivity contribution is 0.527. The SMILES string of the molecule is CCCCCCCCCCCCCCCCCCC(C)Cl. The summed E-state index contributed by atoms with van der Waals surface area (Å²) in [6.45, 7) is 4.40. The van der Waals surface area contributed by atoms with Crippen molar-refractivity contribution in [2.45, 2.75) is 128 Å². The topological polar surface area (TPSA) is 0 Å². The van der Waals surface area contributed by atoms with Gasteiger partial charge in [-0.05, 0) is 13.3 Å². The van der Waals surface area contributed by atoms with Gasteiger partial charge in [0.1, 0.15) is 0 Å². The third kappa shape index (κ3) is 20.3. The second-order valence-electron chi connectivity index (χ2n) is 6.87. The van der Waals surface area contributed by atoms with Crippen LogP contribution in [0.4, 0.5) is 0 Å². The Morgan fingerprint density at radius 3 is 1.10 bits per heavy atom. The molecular formula is C20H41Cl. The van der Waals surface area contributed by atoms with E-state index in [1.54, 1.807) is 0 Å². The Bertz CT molecular complexity index is 177. The zero-order valence-corrected chi connectivity index (χ0v) is 15.7. The molecule has 0 aromatic rings. The van der Waals surface area contributed by atoms with Crippen LogP contribution in [0.25, 0.3) is 0 Å². The van der Waals surface area contributed by atoms with Crippen LogP contribution in [0.5, 0.6) is 0 Å². The zero-order valence-electron chi connectivity index (χ0n) is 15.0. The summed E-state index contributed by atoms with van der Waals surface area (Å²) in [5.41, 5.74) is 0. The third-order valence-electron chi connectivity index (χ3n) is 4.46. The van der Waals surface area contributed by atoms with Crippen molar-refractivity contribution < 1.29 is 0 Å². The first-order valence-corrected chi connectivity index (χ1v) is 10.3. The van der Waals surface area contributed by atoms with Gasteiger partial charge in [0.25, 0.3) is 0 Å². The molecule has 0 bridgehead atoms. The lowest BCUT2D eigenvalue weighted by Crippen LogP contribution is -1.90. The molecule has 0 N–H and O–H groups in total. The quantitative estimate of drug-likeness (QED) is 0.187. The van der Waals surface area contributed by atoms with Gasteiger partial charge in [-0.1, -0.05) is 110 Å². The lowest BCUT2D eigenvalue weighted by atomic mass is 10.0. The number of halogens is 1. The Balaban J connectivity index is 2.93. The first-order valence-electron chi connectivity index (χ1n) is 9.91. The highest BCUT2D eigenvalue weighted by molar-refractivity contribution is 6.20. The molecule has 0 aromatic carbocycles. The predicted octanol–water partition coefficient (Wildman–Crippen LogP) is 8.27. The molecule has 0 aliphatic carbocycles. The van der Waals surface area contributed by atoms with E-state index in [9.17, 15) is 0 Å². The number of hydrogen-bond donors (Lipinski definition) is 0. The van der Waals surface area contributed by atoms with Gasteiger partial charge in [-0.3, -0.25) is 0 Å². The summed E-state index contributed by atoms with van der Waals surface area (Å²) >= 11 is 5.94. The van der Waals surface area contributed by atoms with Crippen LogP contribution in [-0.2, 0) is 0 Å². The van der Waals surface area contributed by atoms with Crippen molar-refractivity contribution in [3.05, 3.63) is 0 Å². The average molecular weight is 317 g/mol. The van der Waals surface area contributed by atoms with Gasteiger partial charge < -0.3 is 0 Å². The highest BCUT2D eigenvalue weighted by atomic mass is 35.5. The summed E-state index contributed by atoms with van der Waals surface area (Å²) in [6, 6.07) is 0. The summed E-state index contributed by atoms with van der Waals surface area (Å²) < 4.78 is 0. The largest absolute Gasteiger partial charge is 0.123 e. The predicted molar refractivity (Wildman–Crippen MR) is 99.5 cm³/mol. The van der Waals surface area contributed by atoms with Crippen molar-refractivity contribution in [1.82, 2.24) is 0 Å². The Morgan fingerprint density at radius 1 is 0.524 bits per heavy atom. The minimum absolute atomic E-state index is 0.372. The number of hydrogen-bond acceptors (Lipinski definition) is 0. The van der Waals surface area contributed by atoms with E-state index < -0.39 is 0 Å². The third-order valence-corrected chi connectivity index (χ3v) is 4.67. The van der Waals surface area contributed by atoms with Crippen LogP contribution < -0.4 is 0 Å².